The van der Waals surface area contributed by atoms with Gasteiger partial charge in [-0.25, -0.2) is 0 Å². The third-order valence-electron chi connectivity index (χ3n) is 4.14. The Kier molecular flexibility index (Phi) is 3.89. The van der Waals surface area contributed by atoms with Crippen molar-refractivity contribution in [3.05, 3.63) is 48.3 Å². The molecule has 122 valence electrons. The highest BCUT2D eigenvalue weighted by Gasteiger charge is 2.61. The second-order valence-corrected chi connectivity index (χ2v) is 5.82. The van der Waals surface area contributed by atoms with E-state index < -0.39 is 17.4 Å². The van der Waals surface area contributed by atoms with Gasteiger partial charge in [0.05, 0.1) is 6.54 Å². The molecule has 0 unspecified atom stereocenters. The average Bonchev–Trinajstić information content (AvgIpc) is 2.97. The SMILES string of the molecule is O=C(Nc1cccc(Cn2cccn2)c1)C(F)(F)C1(O)CCC1. The number of hydrogen-bond donors (Lipinski definition) is 2. The Morgan fingerprint density at radius 1 is 1.39 bits per heavy atom. The lowest BCUT2D eigenvalue weighted by Crippen LogP contribution is -2.59. The lowest BCUT2D eigenvalue weighted by molar-refractivity contribution is -0.212. The molecule has 2 aromatic rings. The second kappa shape index (κ2) is 5.73. The quantitative estimate of drug-likeness (QED) is 0.889. The van der Waals surface area contributed by atoms with Crippen LogP contribution in [0.4, 0.5) is 14.5 Å². The van der Waals surface area contributed by atoms with Crippen LogP contribution in [0.3, 0.4) is 0 Å². The highest BCUT2D eigenvalue weighted by atomic mass is 19.3. The van der Waals surface area contributed by atoms with Crippen molar-refractivity contribution in [1.82, 2.24) is 9.78 Å². The van der Waals surface area contributed by atoms with Gasteiger partial charge in [0.2, 0.25) is 0 Å². The lowest BCUT2D eigenvalue weighted by Gasteiger charge is -2.41. The molecule has 3 rings (SSSR count). The maximum atomic E-state index is 14.1. The Morgan fingerprint density at radius 2 is 2.17 bits per heavy atom. The minimum Gasteiger partial charge on any atom is -0.383 e. The molecule has 0 saturated heterocycles. The average molecular weight is 321 g/mol. The zero-order valence-electron chi connectivity index (χ0n) is 12.4. The fourth-order valence-corrected chi connectivity index (χ4v) is 2.58. The maximum Gasteiger partial charge on any atom is 0.352 e. The van der Waals surface area contributed by atoms with Crippen LogP contribution in [-0.2, 0) is 11.3 Å². The van der Waals surface area contributed by atoms with Crippen LogP contribution in [0.2, 0.25) is 0 Å². The summed E-state index contributed by atoms with van der Waals surface area (Å²) in [6.07, 6.45) is 3.80. The van der Waals surface area contributed by atoms with Gasteiger partial charge in [-0.05, 0) is 43.0 Å². The van der Waals surface area contributed by atoms with Gasteiger partial charge < -0.3 is 10.4 Å². The molecule has 0 aliphatic heterocycles. The van der Waals surface area contributed by atoms with Crippen molar-refractivity contribution in [3.63, 3.8) is 0 Å². The van der Waals surface area contributed by atoms with Crippen molar-refractivity contribution in [2.45, 2.75) is 37.3 Å². The largest absolute Gasteiger partial charge is 0.383 e. The summed E-state index contributed by atoms with van der Waals surface area (Å²) in [6, 6.07) is 8.41. The Labute approximate surface area is 131 Å². The molecule has 1 aromatic heterocycles. The van der Waals surface area contributed by atoms with Crippen LogP contribution in [0.1, 0.15) is 24.8 Å². The van der Waals surface area contributed by atoms with Crippen molar-refractivity contribution < 1.29 is 18.7 Å². The zero-order chi connectivity index (χ0) is 16.5. The number of benzene rings is 1. The monoisotopic (exact) mass is 321 g/mol. The number of hydrogen-bond acceptors (Lipinski definition) is 3. The Bertz CT molecular complexity index is 697. The number of amides is 1. The molecular weight excluding hydrogens is 304 g/mol. The molecule has 2 N–H and O–H groups in total. The van der Waals surface area contributed by atoms with Crippen LogP contribution in [0.15, 0.2) is 42.7 Å². The summed E-state index contributed by atoms with van der Waals surface area (Å²) < 4.78 is 29.8. The highest BCUT2D eigenvalue weighted by Crippen LogP contribution is 2.44. The predicted octanol–water partition coefficient (Wildman–Crippen LogP) is 2.42. The van der Waals surface area contributed by atoms with Crippen molar-refractivity contribution >= 4 is 11.6 Å². The molecule has 1 saturated carbocycles. The molecule has 0 spiro atoms. The molecule has 5 nitrogen and oxygen atoms in total. The number of nitrogens with one attached hydrogen (secondary N) is 1. The topological polar surface area (TPSA) is 67.2 Å². The molecule has 7 heteroatoms. The summed E-state index contributed by atoms with van der Waals surface area (Å²) in [7, 11) is 0. The van der Waals surface area contributed by atoms with Crippen LogP contribution in [0, 0.1) is 0 Å². The van der Waals surface area contributed by atoms with Crippen molar-refractivity contribution in [3.8, 4) is 0 Å². The number of nitrogens with zero attached hydrogens (tertiary/aromatic N) is 2. The predicted molar refractivity (Wildman–Crippen MR) is 80.1 cm³/mol. The number of carbonyl (C=O) groups excluding carboxylic acids is 1. The Morgan fingerprint density at radius 3 is 2.78 bits per heavy atom. The molecule has 1 aromatic carbocycles. The van der Waals surface area contributed by atoms with E-state index in [1.165, 1.54) is 6.07 Å². The van der Waals surface area contributed by atoms with E-state index in [0.717, 1.165) is 5.56 Å². The van der Waals surface area contributed by atoms with E-state index in [0.29, 0.717) is 13.0 Å². The molecule has 1 aliphatic rings. The van der Waals surface area contributed by atoms with Crippen LogP contribution in [-0.4, -0.2) is 32.3 Å². The second-order valence-electron chi connectivity index (χ2n) is 5.82. The summed E-state index contributed by atoms with van der Waals surface area (Å²) in [6.45, 7) is 0.469. The summed E-state index contributed by atoms with van der Waals surface area (Å²) >= 11 is 0. The molecule has 0 atom stereocenters. The number of carbonyl (C=O) groups is 1. The number of aliphatic hydroxyl groups is 1. The summed E-state index contributed by atoms with van der Waals surface area (Å²) in [5.74, 6) is -5.28. The first-order valence-electron chi connectivity index (χ1n) is 7.39. The van der Waals surface area contributed by atoms with E-state index in [1.807, 2.05) is 6.07 Å². The highest BCUT2D eigenvalue weighted by molar-refractivity contribution is 5.97. The number of aromatic nitrogens is 2. The van der Waals surface area contributed by atoms with Gasteiger partial charge in [-0.3, -0.25) is 9.48 Å². The number of anilines is 1. The molecule has 1 heterocycles. The van der Waals surface area contributed by atoms with Crippen molar-refractivity contribution in [2.24, 2.45) is 0 Å². The lowest BCUT2D eigenvalue weighted by atomic mass is 9.75. The summed E-state index contributed by atoms with van der Waals surface area (Å²) in [4.78, 5) is 11.9. The minimum atomic E-state index is -3.80. The van der Waals surface area contributed by atoms with Gasteiger partial charge in [0, 0.05) is 18.1 Å². The number of rotatable bonds is 5. The van der Waals surface area contributed by atoms with E-state index in [4.69, 9.17) is 0 Å². The van der Waals surface area contributed by atoms with Crippen LogP contribution < -0.4 is 5.32 Å². The first-order chi connectivity index (χ1) is 10.9. The molecular formula is C16H17F2N3O2. The first-order valence-corrected chi connectivity index (χ1v) is 7.39. The Hall–Kier alpha value is -2.28. The van der Waals surface area contributed by atoms with Gasteiger partial charge >= 0.3 is 5.92 Å². The fourth-order valence-electron chi connectivity index (χ4n) is 2.58. The molecule has 23 heavy (non-hydrogen) atoms. The molecule has 1 aliphatic carbocycles. The number of alkyl halides is 2. The van der Waals surface area contributed by atoms with Crippen LogP contribution in [0.5, 0.6) is 0 Å². The van der Waals surface area contributed by atoms with E-state index in [-0.39, 0.29) is 18.5 Å². The van der Waals surface area contributed by atoms with Gasteiger partial charge in [-0.2, -0.15) is 13.9 Å². The van der Waals surface area contributed by atoms with Gasteiger partial charge in [0.15, 0.2) is 0 Å². The zero-order valence-corrected chi connectivity index (χ0v) is 12.4. The summed E-state index contributed by atoms with van der Waals surface area (Å²) in [5, 5.41) is 16.1. The van der Waals surface area contributed by atoms with E-state index >= 15 is 0 Å². The van der Waals surface area contributed by atoms with Gasteiger partial charge in [0.1, 0.15) is 5.60 Å². The molecule has 1 fully saturated rings. The van der Waals surface area contributed by atoms with Crippen LogP contribution >= 0.6 is 0 Å². The van der Waals surface area contributed by atoms with Crippen LogP contribution in [0.25, 0.3) is 0 Å². The maximum absolute atomic E-state index is 14.1. The third-order valence-corrected chi connectivity index (χ3v) is 4.14. The smallest absolute Gasteiger partial charge is 0.352 e. The summed E-state index contributed by atoms with van der Waals surface area (Å²) in [5.41, 5.74) is -1.14. The van der Waals surface area contributed by atoms with Gasteiger partial charge in [0.25, 0.3) is 5.91 Å². The minimum absolute atomic E-state index is 0.0627. The molecule has 0 radical (unpaired) electrons. The molecule has 1 amide bonds. The van der Waals surface area contributed by atoms with Crippen molar-refractivity contribution in [1.29, 1.82) is 0 Å². The fraction of sp³-hybridized carbons (Fsp3) is 0.375. The van der Waals surface area contributed by atoms with E-state index in [9.17, 15) is 18.7 Å². The first kappa shape index (κ1) is 15.6. The normalized spacial score (nSPS) is 16.7. The number of halogens is 2. The third kappa shape index (κ3) is 2.96. The molecule has 0 bridgehead atoms. The van der Waals surface area contributed by atoms with Gasteiger partial charge in [-0.15, -0.1) is 0 Å². The Balaban J connectivity index is 1.71. The standard InChI is InChI=1S/C16H17F2N3O2/c17-16(18,15(23)6-2-7-15)14(22)20-13-5-1-4-12(10-13)11-21-9-3-8-19-21/h1,3-5,8-10,23H,2,6-7,11H2,(H,20,22). The van der Waals surface area contributed by atoms with Crippen molar-refractivity contribution in [2.75, 3.05) is 5.32 Å². The van der Waals surface area contributed by atoms with E-state index in [2.05, 4.69) is 10.4 Å². The van der Waals surface area contributed by atoms with Gasteiger partial charge in [-0.1, -0.05) is 12.1 Å². The van der Waals surface area contributed by atoms with E-state index in [1.54, 1.807) is 35.3 Å².